The summed E-state index contributed by atoms with van der Waals surface area (Å²) >= 11 is 0. The molecule has 3 aliphatic rings. The highest BCUT2D eigenvalue weighted by molar-refractivity contribution is 6.06. The monoisotopic (exact) mass is 461 g/mol. The summed E-state index contributed by atoms with van der Waals surface area (Å²) in [5.74, 6) is 0.900. The standard InChI is InChI=1S/C25H24FN5O3/c1-2-16-3-4-18(27-13-16)14-29-7-9-30(10-8-29)22-12-17(26)11-19-20(22)15-31(25(19)34)21-5-6-23(32)28-24(21)33/h1,3-4,11-13,21H,5-10,14-15H2,(H,28,32,33). The summed E-state index contributed by atoms with van der Waals surface area (Å²) < 4.78 is 14.5. The Morgan fingerprint density at radius 1 is 1.15 bits per heavy atom. The number of benzene rings is 1. The molecule has 0 aliphatic carbocycles. The first-order valence-electron chi connectivity index (χ1n) is 11.3. The second-order valence-electron chi connectivity index (χ2n) is 8.80. The lowest BCUT2D eigenvalue weighted by molar-refractivity contribution is -0.136. The molecule has 0 spiro atoms. The third kappa shape index (κ3) is 4.13. The van der Waals surface area contributed by atoms with Crippen LogP contribution in [0.3, 0.4) is 0 Å². The number of fused-ring (bicyclic) bond motifs is 1. The Morgan fingerprint density at radius 2 is 1.94 bits per heavy atom. The summed E-state index contributed by atoms with van der Waals surface area (Å²) in [6, 6.07) is 5.79. The minimum Gasteiger partial charge on any atom is -0.369 e. The molecule has 8 nitrogen and oxygen atoms in total. The zero-order valence-electron chi connectivity index (χ0n) is 18.6. The number of hydrogen-bond acceptors (Lipinski definition) is 6. The molecule has 3 amide bonds. The van der Waals surface area contributed by atoms with Crippen molar-refractivity contribution in [1.29, 1.82) is 0 Å². The minimum absolute atomic E-state index is 0.181. The Balaban J connectivity index is 1.29. The van der Waals surface area contributed by atoms with Gasteiger partial charge in [-0.2, -0.15) is 0 Å². The van der Waals surface area contributed by atoms with Crippen LogP contribution in [0.5, 0.6) is 0 Å². The lowest BCUT2D eigenvalue weighted by Crippen LogP contribution is -2.52. The van der Waals surface area contributed by atoms with Crippen LogP contribution in [-0.2, 0) is 22.7 Å². The van der Waals surface area contributed by atoms with E-state index in [1.807, 2.05) is 12.1 Å². The van der Waals surface area contributed by atoms with Crippen molar-refractivity contribution in [2.75, 3.05) is 31.1 Å². The van der Waals surface area contributed by atoms with Crippen molar-refractivity contribution in [3.63, 3.8) is 0 Å². The van der Waals surface area contributed by atoms with E-state index in [1.165, 1.54) is 17.0 Å². The molecule has 1 unspecified atom stereocenters. The smallest absolute Gasteiger partial charge is 0.255 e. The molecule has 2 saturated heterocycles. The van der Waals surface area contributed by atoms with Crippen LogP contribution in [0.15, 0.2) is 30.5 Å². The maximum absolute atomic E-state index is 14.5. The molecule has 0 saturated carbocycles. The maximum Gasteiger partial charge on any atom is 0.255 e. The van der Waals surface area contributed by atoms with Crippen molar-refractivity contribution < 1.29 is 18.8 Å². The number of imide groups is 1. The van der Waals surface area contributed by atoms with Crippen LogP contribution in [0, 0.1) is 18.2 Å². The summed E-state index contributed by atoms with van der Waals surface area (Å²) in [4.78, 5) is 47.1. The molecule has 1 N–H and O–H groups in total. The van der Waals surface area contributed by atoms with Crippen LogP contribution in [0.1, 0.15) is 40.0 Å². The molecule has 1 aromatic heterocycles. The number of carbonyl (C=O) groups excluding carboxylic acids is 3. The van der Waals surface area contributed by atoms with Crippen LogP contribution in [0.25, 0.3) is 0 Å². The zero-order valence-corrected chi connectivity index (χ0v) is 18.6. The largest absolute Gasteiger partial charge is 0.369 e. The number of aromatic nitrogens is 1. The number of halogens is 1. The summed E-state index contributed by atoms with van der Waals surface area (Å²) in [7, 11) is 0. The number of carbonyl (C=O) groups is 3. The van der Waals surface area contributed by atoms with Gasteiger partial charge in [-0.3, -0.25) is 29.6 Å². The van der Waals surface area contributed by atoms with Gasteiger partial charge >= 0.3 is 0 Å². The Kier molecular flexibility index (Phi) is 5.75. The first-order chi connectivity index (χ1) is 16.4. The Morgan fingerprint density at radius 3 is 2.62 bits per heavy atom. The van der Waals surface area contributed by atoms with Gasteiger partial charge in [-0.15, -0.1) is 6.42 Å². The lowest BCUT2D eigenvalue weighted by atomic mass is 10.0. The molecule has 2 aromatic rings. The van der Waals surface area contributed by atoms with Gasteiger partial charge < -0.3 is 9.80 Å². The summed E-state index contributed by atoms with van der Waals surface area (Å²) in [5.41, 5.74) is 3.39. The van der Waals surface area contributed by atoms with Gasteiger partial charge in [-0.25, -0.2) is 4.39 Å². The van der Waals surface area contributed by atoms with Gasteiger partial charge in [0.1, 0.15) is 11.9 Å². The number of hydrogen-bond donors (Lipinski definition) is 1. The maximum atomic E-state index is 14.5. The molecular formula is C25H24FN5O3. The van der Waals surface area contributed by atoms with Crippen molar-refractivity contribution in [3.8, 4) is 12.3 Å². The molecule has 174 valence electrons. The minimum atomic E-state index is -0.723. The summed E-state index contributed by atoms with van der Waals surface area (Å²) in [6.07, 6.45) is 7.53. The van der Waals surface area contributed by atoms with Gasteiger partial charge in [-0.05, 0) is 30.7 Å². The van der Waals surface area contributed by atoms with Crippen LogP contribution in [0.4, 0.5) is 10.1 Å². The van der Waals surface area contributed by atoms with Gasteiger partial charge in [0, 0.05) is 74.3 Å². The quantitative estimate of drug-likeness (QED) is 0.546. The number of rotatable bonds is 4. The molecule has 2 fully saturated rings. The van der Waals surface area contributed by atoms with E-state index in [0.717, 1.165) is 29.9 Å². The molecule has 1 aromatic carbocycles. The van der Waals surface area contributed by atoms with Crippen LogP contribution in [-0.4, -0.2) is 64.7 Å². The zero-order chi connectivity index (χ0) is 23.8. The predicted octanol–water partition coefficient (Wildman–Crippen LogP) is 1.29. The first kappa shape index (κ1) is 22.0. The number of pyridine rings is 1. The molecule has 0 bridgehead atoms. The highest BCUT2D eigenvalue weighted by Gasteiger charge is 2.41. The SMILES string of the molecule is C#Cc1ccc(CN2CCN(c3cc(F)cc4c3CN(C3CCC(=O)NC3=O)C4=O)CC2)nc1. The predicted molar refractivity (Wildman–Crippen MR) is 122 cm³/mol. The van der Waals surface area contributed by atoms with Crippen molar-refractivity contribution in [3.05, 3.63) is 58.7 Å². The molecule has 1 atom stereocenters. The van der Waals surface area contributed by atoms with Gasteiger partial charge in [0.15, 0.2) is 0 Å². The van der Waals surface area contributed by atoms with Crippen molar-refractivity contribution in [1.82, 2.24) is 20.1 Å². The third-order valence-corrected chi connectivity index (χ3v) is 6.69. The van der Waals surface area contributed by atoms with E-state index in [2.05, 4.69) is 26.0 Å². The lowest BCUT2D eigenvalue weighted by Gasteiger charge is -2.37. The number of nitrogens with zero attached hydrogens (tertiary/aromatic N) is 4. The fourth-order valence-electron chi connectivity index (χ4n) is 4.87. The molecule has 4 heterocycles. The average molecular weight is 461 g/mol. The van der Waals surface area contributed by atoms with E-state index in [-0.39, 0.29) is 31.2 Å². The third-order valence-electron chi connectivity index (χ3n) is 6.69. The Hall–Kier alpha value is -3.77. The fraction of sp³-hybridized carbons (Fsp3) is 0.360. The molecular weight excluding hydrogens is 437 g/mol. The number of piperidine rings is 1. The van der Waals surface area contributed by atoms with Crippen molar-refractivity contribution in [2.24, 2.45) is 0 Å². The van der Waals surface area contributed by atoms with E-state index >= 15 is 0 Å². The van der Waals surface area contributed by atoms with E-state index in [1.54, 1.807) is 6.20 Å². The van der Waals surface area contributed by atoms with Crippen molar-refractivity contribution in [2.45, 2.75) is 32.0 Å². The van der Waals surface area contributed by atoms with Gasteiger partial charge in [-0.1, -0.05) is 5.92 Å². The Labute approximate surface area is 196 Å². The molecule has 0 radical (unpaired) electrons. The van der Waals surface area contributed by atoms with E-state index in [0.29, 0.717) is 30.9 Å². The second-order valence-corrected chi connectivity index (χ2v) is 8.80. The van der Waals surface area contributed by atoms with Gasteiger partial charge in [0.25, 0.3) is 5.91 Å². The van der Waals surface area contributed by atoms with Gasteiger partial charge in [0.05, 0.1) is 5.69 Å². The number of anilines is 1. The number of nitrogens with one attached hydrogen (secondary N) is 1. The number of amides is 3. The summed E-state index contributed by atoms with van der Waals surface area (Å²) in [6.45, 7) is 3.78. The van der Waals surface area contributed by atoms with Gasteiger partial charge in [0.2, 0.25) is 11.8 Å². The second kappa shape index (κ2) is 8.88. The summed E-state index contributed by atoms with van der Waals surface area (Å²) in [5, 5.41) is 2.30. The van der Waals surface area contributed by atoms with Crippen LogP contribution < -0.4 is 10.2 Å². The molecule has 3 aliphatic heterocycles. The topological polar surface area (TPSA) is 85.9 Å². The van der Waals surface area contributed by atoms with E-state index in [4.69, 9.17) is 6.42 Å². The van der Waals surface area contributed by atoms with E-state index in [9.17, 15) is 18.8 Å². The molecule has 9 heteroatoms. The average Bonchev–Trinajstić information content (AvgIpc) is 3.15. The number of terminal acetylenes is 1. The van der Waals surface area contributed by atoms with Crippen molar-refractivity contribution >= 4 is 23.4 Å². The highest BCUT2D eigenvalue weighted by Crippen LogP contribution is 2.35. The van der Waals surface area contributed by atoms with Crippen LogP contribution in [0.2, 0.25) is 0 Å². The highest BCUT2D eigenvalue weighted by atomic mass is 19.1. The Bertz CT molecular complexity index is 1200. The normalized spacial score (nSPS) is 20.8. The fourth-order valence-corrected chi connectivity index (χ4v) is 4.87. The van der Waals surface area contributed by atoms with E-state index < -0.39 is 17.8 Å². The molecule has 34 heavy (non-hydrogen) atoms. The number of piperazine rings is 1. The molecule has 5 rings (SSSR count). The first-order valence-corrected chi connectivity index (χ1v) is 11.3. The van der Waals surface area contributed by atoms with Crippen LogP contribution >= 0.6 is 0 Å².